The van der Waals surface area contributed by atoms with Crippen LogP contribution < -0.4 is 5.32 Å². The third-order valence-corrected chi connectivity index (χ3v) is 5.49. The van der Waals surface area contributed by atoms with Crippen LogP contribution in [0.15, 0.2) is 48.5 Å². The third kappa shape index (κ3) is 4.76. The summed E-state index contributed by atoms with van der Waals surface area (Å²) < 4.78 is 28.8. The molecule has 7 heteroatoms. The number of nitrogens with one attached hydrogen (secondary N) is 1. The van der Waals surface area contributed by atoms with Crippen LogP contribution in [0.1, 0.15) is 32.5 Å². The van der Waals surface area contributed by atoms with Gasteiger partial charge in [0.2, 0.25) is 5.91 Å². The molecule has 5 nitrogen and oxygen atoms in total. The van der Waals surface area contributed by atoms with Gasteiger partial charge in [-0.05, 0) is 60.9 Å². The molecule has 1 amide bonds. The van der Waals surface area contributed by atoms with Crippen LogP contribution in [0.25, 0.3) is 11.3 Å². The van der Waals surface area contributed by atoms with E-state index in [1.54, 1.807) is 24.3 Å². The number of amides is 1. The maximum Gasteiger partial charge on any atom is 0.223 e. The van der Waals surface area contributed by atoms with Gasteiger partial charge in [0, 0.05) is 30.8 Å². The van der Waals surface area contributed by atoms with Gasteiger partial charge >= 0.3 is 0 Å². The van der Waals surface area contributed by atoms with Gasteiger partial charge in [0.25, 0.3) is 0 Å². The average molecular weight is 424 g/mol. The summed E-state index contributed by atoms with van der Waals surface area (Å²) in [5, 5.41) is 3.34. The number of rotatable bonds is 6. The SMILES string of the molecule is CC(C)CCC(=O)N1CCn2c(nc(-c3ccc(F)cc3)c2Nc2ccc(F)cc2)C1. The Hall–Kier alpha value is -3.22. The Bertz CT molecular complexity index is 1060. The second-order valence-corrected chi connectivity index (χ2v) is 8.26. The van der Waals surface area contributed by atoms with Crippen molar-refractivity contribution >= 4 is 17.4 Å². The predicted octanol–water partition coefficient (Wildman–Crippen LogP) is 5.35. The summed E-state index contributed by atoms with van der Waals surface area (Å²) in [4.78, 5) is 19.3. The lowest BCUT2D eigenvalue weighted by atomic mass is 10.1. The number of fused-ring (bicyclic) bond motifs is 1. The van der Waals surface area contributed by atoms with E-state index < -0.39 is 0 Å². The van der Waals surface area contributed by atoms with Gasteiger partial charge in [-0.25, -0.2) is 13.8 Å². The van der Waals surface area contributed by atoms with E-state index >= 15 is 0 Å². The molecule has 1 aromatic heterocycles. The maximum absolute atomic E-state index is 13.5. The summed E-state index contributed by atoms with van der Waals surface area (Å²) in [5.41, 5.74) is 2.17. The van der Waals surface area contributed by atoms with Gasteiger partial charge in [0.1, 0.15) is 29.0 Å². The van der Waals surface area contributed by atoms with E-state index in [4.69, 9.17) is 4.98 Å². The molecule has 0 saturated heterocycles. The van der Waals surface area contributed by atoms with Crippen molar-refractivity contribution in [2.75, 3.05) is 11.9 Å². The zero-order valence-electron chi connectivity index (χ0n) is 17.7. The van der Waals surface area contributed by atoms with Crippen LogP contribution in [-0.4, -0.2) is 26.9 Å². The van der Waals surface area contributed by atoms with Gasteiger partial charge < -0.3 is 14.8 Å². The number of hydrogen-bond acceptors (Lipinski definition) is 3. The number of aromatic nitrogens is 2. The minimum absolute atomic E-state index is 0.138. The lowest BCUT2D eigenvalue weighted by molar-refractivity contribution is -0.133. The zero-order valence-corrected chi connectivity index (χ0v) is 17.7. The number of anilines is 2. The van der Waals surface area contributed by atoms with Crippen LogP contribution in [0.4, 0.5) is 20.3 Å². The standard InChI is InChI=1S/C24H26F2N4O/c1-16(2)3-12-22(31)29-13-14-30-21(15-29)28-23(17-4-6-18(25)7-5-17)24(30)27-20-10-8-19(26)9-11-20/h4-11,16,27H,3,12-15H2,1-2H3. The Morgan fingerprint density at radius 2 is 1.68 bits per heavy atom. The van der Waals surface area contributed by atoms with E-state index in [9.17, 15) is 13.6 Å². The first-order valence-corrected chi connectivity index (χ1v) is 10.6. The second kappa shape index (κ2) is 8.88. The molecule has 0 atom stereocenters. The van der Waals surface area contributed by atoms with E-state index in [1.165, 1.54) is 24.3 Å². The maximum atomic E-state index is 13.5. The number of imidazole rings is 1. The number of nitrogens with zero attached hydrogens (tertiary/aromatic N) is 3. The Kier molecular flexibility index (Phi) is 6.02. The molecule has 0 bridgehead atoms. The summed E-state index contributed by atoms with van der Waals surface area (Å²) in [6, 6.07) is 12.3. The van der Waals surface area contributed by atoms with E-state index in [1.807, 2.05) is 9.47 Å². The summed E-state index contributed by atoms with van der Waals surface area (Å²) in [6.07, 6.45) is 1.39. The summed E-state index contributed by atoms with van der Waals surface area (Å²) >= 11 is 0. The van der Waals surface area contributed by atoms with Gasteiger partial charge in [0.05, 0.1) is 6.54 Å². The normalized spacial score (nSPS) is 13.4. The summed E-state index contributed by atoms with van der Waals surface area (Å²) in [7, 11) is 0. The number of hydrogen-bond donors (Lipinski definition) is 1. The highest BCUT2D eigenvalue weighted by molar-refractivity contribution is 5.78. The quantitative estimate of drug-likeness (QED) is 0.580. The largest absolute Gasteiger partial charge is 0.340 e. The van der Waals surface area contributed by atoms with Crippen LogP contribution in [-0.2, 0) is 17.9 Å². The van der Waals surface area contributed by atoms with Crippen molar-refractivity contribution in [3.63, 3.8) is 0 Å². The zero-order chi connectivity index (χ0) is 22.0. The fourth-order valence-electron chi connectivity index (χ4n) is 3.72. The molecule has 3 aromatic rings. The van der Waals surface area contributed by atoms with Crippen LogP contribution >= 0.6 is 0 Å². The summed E-state index contributed by atoms with van der Waals surface area (Å²) in [5.74, 6) is 1.51. The molecule has 0 spiro atoms. The fraction of sp³-hybridized carbons (Fsp3) is 0.333. The molecular weight excluding hydrogens is 398 g/mol. The van der Waals surface area contributed by atoms with Crippen molar-refractivity contribution in [3.8, 4) is 11.3 Å². The molecule has 1 N–H and O–H groups in total. The molecule has 2 aromatic carbocycles. The molecule has 0 saturated carbocycles. The van der Waals surface area contributed by atoms with Gasteiger partial charge in [-0.2, -0.15) is 0 Å². The summed E-state index contributed by atoms with van der Waals surface area (Å²) in [6.45, 7) is 5.84. The van der Waals surface area contributed by atoms with Crippen molar-refractivity contribution in [1.29, 1.82) is 0 Å². The number of benzene rings is 2. The average Bonchev–Trinajstić information content (AvgIpc) is 3.11. The third-order valence-electron chi connectivity index (χ3n) is 5.49. The second-order valence-electron chi connectivity index (χ2n) is 8.26. The van der Waals surface area contributed by atoms with Gasteiger partial charge in [0.15, 0.2) is 0 Å². The van der Waals surface area contributed by atoms with E-state index in [0.717, 1.165) is 29.3 Å². The highest BCUT2D eigenvalue weighted by Gasteiger charge is 2.27. The Labute approximate surface area is 180 Å². The van der Waals surface area contributed by atoms with E-state index in [2.05, 4.69) is 19.2 Å². The van der Waals surface area contributed by atoms with Crippen molar-refractivity contribution in [1.82, 2.24) is 14.5 Å². The van der Waals surface area contributed by atoms with Gasteiger partial charge in [-0.1, -0.05) is 13.8 Å². The van der Waals surface area contributed by atoms with Gasteiger partial charge in [-0.3, -0.25) is 4.79 Å². The minimum atomic E-state index is -0.317. The molecule has 0 aliphatic carbocycles. The van der Waals surface area contributed by atoms with Crippen molar-refractivity contribution in [3.05, 3.63) is 66.0 Å². The minimum Gasteiger partial charge on any atom is -0.340 e. The first-order chi connectivity index (χ1) is 14.9. The fourth-order valence-corrected chi connectivity index (χ4v) is 3.72. The van der Waals surface area contributed by atoms with Crippen molar-refractivity contribution in [2.45, 2.75) is 39.8 Å². The lowest BCUT2D eigenvalue weighted by Crippen LogP contribution is -2.38. The molecule has 31 heavy (non-hydrogen) atoms. The molecule has 1 aliphatic rings. The number of carbonyl (C=O) groups is 1. The molecular formula is C24H26F2N4O. The molecule has 162 valence electrons. The van der Waals surface area contributed by atoms with E-state index in [0.29, 0.717) is 37.7 Å². The first-order valence-electron chi connectivity index (χ1n) is 10.6. The van der Waals surface area contributed by atoms with Crippen LogP contribution in [0.5, 0.6) is 0 Å². The van der Waals surface area contributed by atoms with Gasteiger partial charge in [-0.15, -0.1) is 0 Å². The highest BCUT2D eigenvalue weighted by atomic mass is 19.1. The molecule has 0 unspecified atom stereocenters. The highest BCUT2D eigenvalue weighted by Crippen LogP contribution is 2.33. The molecule has 2 heterocycles. The van der Waals surface area contributed by atoms with Crippen LogP contribution in [0, 0.1) is 17.6 Å². The molecule has 0 radical (unpaired) electrons. The Balaban J connectivity index is 1.66. The number of carbonyl (C=O) groups excluding carboxylic acids is 1. The smallest absolute Gasteiger partial charge is 0.223 e. The van der Waals surface area contributed by atoms with Crippen molar-refractivity contribution in [2.24, 2.45) is 5.92 Å². The van der Waals surface area contributed by atoms with Crippen molar-refractivity contribution < 1.29 is 13.6 Å². The number of halogens is 2. The molecule has 0 fully saturated rings. The monoisotopic (exact) mass is 424 g/mol. The first kappa shape index (κ1) is 21.0. The van der Waals surface area contributed by atoms with E-state index in [-0.39, 0.29) is 17.5 Å². The molecule has 4 rings (SSSR count). The van der Waals surface area contributed by atoms with Crippen LogP contribution in [0.2, 0.25) is 0 Å². The Morgan fingerprint density at radius 1 is 1.03 bits per heavy atom. The Morgan fingerprint density at radius 3 is 2.32 bits per heavy atom. The lowest BCUT2D eigenvalue weighted by Gasteiger charge is -2.29. The molecule has 1 aliphatic heterocycles. The predicted molar refractivity (Wildman–Crippen MR) is 117 cm³/mol. The van der Waals surface area contributed by atoms with Crippen LogP contribution in [0.3, 0.4) is 0 Å². The topological polar surface area (TPSA) is 50.2 Å².